The maximum atomic E-state index is 12.1. The smallest absolute Gasteiger partial charge is 0.279 e. The Kier molecular flexibility index (Phi) is 5.79. The van der Waals surface area contributed by atoms with Gasteiger partial charge in [-0.25, -0.2) is 0 Å². The third-order valence-electron chi connectivity index (χ3n) is 2.67. The summed E-state index contributed by atoms with van der Waals surface area (Å²) in [4.78, 5) is 34.3. The molecule has 124 valence electrons. The van der Waals surface area contributed by atoms with Crippen LogP contribution in [-0.4, -0.2) is 21.9 Å². The zero-order valence-electron chi connectivity index (χ0n) is 11.7. The van der Waals surface area contributed by atoms with Crippen molar-refractivity contribution in [3.05, 3.63) is 61.3 Å². The predicted octanol–water partition coefficient (Wildman–Crippen LogP) is 2.26. The van der Waals surface area contributed by atoms with Crippen LogP contribution in [0.2, 0.25) is 5.02 Å². The first-order valence-corrected chi connectivity index (χ1v) is 7.94. The zero-order chi connectivity index (χ0) is 17.7. The van der Waals surface area contributed by atoms with Crippen LogP contribution in [-0.2, 0) is 0 Å². The van der Waals surface area contributed by atoms with Crippen LogP contribution in [0.15, 0.2) is 35.7 Å². The molecule has 1 aromatic carbocycles. The molecule has 0 unspecified atom stereocenters. The van der Waals surface area contributed by atoms with E-state index in [0.29, 0.717) is 4.88 Å². The number of nitrogens with one attached hydrogen (secondary N) is 3. The quantitative estimate of drug-likeness (QED) is 0.425. The van der Waals surface area contributed by atoms with Crippen LogP contribution in [0.4, 0.5) is 5.69 Å². The largest absolute Gasteiger partial charge is 0.298 e. The van der Waals surface area contributed by atoms with Gasteiger partial charge in [0.25, 0.3) is 17.5 Å². The van der Waals surface area contributed by atoms with Crippen LogP contribution in [0.25, 0.3) is 0 Å². The van der Waals surface area contributed by atoms with Crippen molar-refractivity contribution in [1.82, 2.24) is 16.2 Å². The monoisotopic (exact) mass is 384 g/mol. The second-order valence-corrected chi connectivity index (χ2v) is 6.02. The molecule has 0 spiro atoms. The fraction of sp³-hybridized carbons (Fsp3) is 0. The molecule has 0 saturated carbocycles. The maximum Gasteiger partial charge on any atom is 0.279 e. The number of carbonyl (C=O) groups is 2. The molecule has 0 radical (unpaired) electrons. The average molecular weight is 385 g/mol. The number of hydrogen-bond acceptors (Lipinski definition) is 6. The van der Waals surface area contributed by atoms with E-state index in [2.05, 4.69) is 16.2 Å². The molecule has 24 heavy (non-hydrogen) atoms. The lowest BCUT2D eigenvalue weighted by molar-refractivity contribution is -0.384. The van der Waals surface area contributed by atoms with E-state index >= 15 is 0 Å². The molecule has 0 aliphatic rings. The Morgan fingerprint density at radius 1 is 1.21 bits per heavy atom. The van der Waals surface area contributed by atoms with Crippen LogP contribution < -0.4 is 16.2 Å². The van der Waals surface area contributed by atoms with Gasteiger partial charge in [-0.2, -0.15) is 0 Å². The molecule has 8 nitrogen and oxygen atoms in total. The second-order valence-electron chi connectivity index (χ2n) is 4.26. The Morgan fingerprint density at radius 3 is 2.58 bits per heavy atom. The van der Waals surface area contributed by atoms with Crippen molar-refractivity contribution in [1.29, 1.82) is 0 Å². The van der Waals surface area contributed by atoms with Gasteiger partial charge >= 0.3 is 0 Å². The van der Waals surface area contributed by atoms with Gasteiger partial charge in [-0.15, -0.1) is 11.3 Å². The first kappa shape index (κ1) is 17.8. The van der Waals surface area contributed by atoms with Crippen molar-refractivity contribution in [2.24, 2.45) is 0 Å². The topological polar surface area (TPSA) is 113 Å². The molecular formula is C13H9ClN4O4S2. The van der Waals surface area contributed by atoms with Gasteiger partial charge in [0.05, 0.1) is 20.4 Å². The van der Waals surface area contributed by atoms with E-state index in [1.807, 2.05) is 0 Å². The first-order chi connectivity index (χ1) is 11.4. The SMILES string of the molecule is O=C(NNC(=S)NC(=O)c1cc([N+](=O)[O-])ccc1Cl)c1cccs1. The normalized spacial score (nSPS) is 9.88. The highest BCUT2D eigenvalue weighted by Crippen LogP contribution is 2.21. The lowest BCUT2D eigenvalue weighted by Gasteiger charge is -2.10. The molecule has 2 rings (SSSR count). The van der Waals surface area contributed by atoms with Crippen molar-refractivity contribution in [2.75, 3.05) is 0 Å². The number of rotatable bonds is 3. The molecule has 2 amide bonds. The van der Waals surface area contributed by atoms with Crippen LogP contribution >= 0.6 is 35.2 Å². The van der Waals surface area contributed by atoms with Crippen molar-refractivity contribution < 1.29 is 14.5 Å². The molecule has 0 saturated heterocycles. The third-order valence-corrected chi connectivity index (χ3v) is 4.07. The highest BCUT2D eigenvalue weighted by Gasteiger charge is 2.17. The highest BCUT2D eigenvalue weighted by atomic mass is 35.5. The van der Waals surface area contributed by atoms with Crippen LogP contribution in [0, 0.1) is 10.1 Å². The van der Waals surface area contributed by atoms with Crippen LogP contribution in [0.1, 0.15) is 20.0 Å². The molecule has 0 atom stereocenters. The van der Waals surface area contributed by atoms with E-state index in [9.17, 15) is 19.7 Å². The fourth-order valence-electron chi connectivity index (χ4n) is 1.59. The number of halogens is 1. The summed E-state index contributed by atoms with van der Waals surface area (Å²) in [6.07, 6.45) is 0. The number of amides is 2. The summed E-state index contributed by atoms with van der Waals surface area (Å²) in [5.41, 5.74) is 4.27. The Hall–Kier alpha value is -2.56. The maximum absolute atomic E-state index is 12.1. The van der Waals surface area contributed by atoms with Crippen molar-refractivity contribution >= 4 is 57.8 Å². The van der Waals surface area contributed by atoms with Gasteiger partial charge in [0.2, 0.25) is 0 Å². The van der Waals surface area contributed by atoms with Gasteiger partial charge in [0, 0.05) is 12.1 Å². The lowest BCUT2D eigenvalue weighted by atomic mass is 10.2. The number of hydrogen-bond donors (Lipinski definition) is 3. The zero-order valence-corrected chi connectivity index (χ0v) is 14.1. The summed E-state index contributed by atoms with van der Waals surface area (Å²) in [7, 11) is 0. The molecule has 0 fully saturated rings. The van der Waals surface area contributed by atoms with Crippen molar-refractivity contribution in [3.63, 3.8) is 0 Å². The molecule has 0 aliphatic heterocycles. The molecule has 1 heterocycles. The summed E-state index contributed by atoms with van der Waals surface area (Å²) in [6, 6.07) is 6.78. The van der Waals surface area contributed by atoms with E-state index in [1.165, 1.54) is 23.5 Å². The van der Waals surface area contributed by atoms with E-state index in [0.717, 1.165) is 6.07 Å². The van der Waals surface area contributed by atoms with Gasteiger partial charge in [-0.1, -0.05) is 17.7 Å². The van der Waals surface area contributed by atoms with E-state index in [1.54, 1.807) is 17.5 Å². The predicted molar refractivity (Wildman–Crippen MR) is 93.1 cm³/mol. The van der Waals surface area contributed by atoms with E-state index < -0.39 is 16.7 Å². The Balaban J connectivity index is 1.96. The summed E-state index contributed by atoms with van der Waals surface area (Å²) < 4.78 is 0. The number of non-ortho nitro benzene ring substituents is 1. The van der Waals surface area contributed by atoms with Gasteiger partial charge < -0.3 is 0 Å². The van der Waals surface area contributed by atoms with Gasteiger partial charge in [0.15, 0.2) is 5.11 Å². The van der Waals surface area contributed by atoms with Gasteiger partial charge in [-0.3, -0.25) is 35.9 Å². The molecular weight excluding hydrogens is 376 g/mol. The van der Waals surface area contributed by atoms with Gasteiger partial charge in [0.1, 0.15) is 0 Å². The Bertz CT molecular complexity index is 810. The highest BCUT2D eigenvalue weighted by molar-refractivity contribution is 7.80. The number of hydrazine groups is 1. The number of nitro groups is 1. The summed E-state index contributed by atoms with van der Waals surface area (Å²) >= 11 is 12.0. The van der Waals surface area contributed by atoms with Crippen molar-refractivity contribution in [3.8, 4) is 0 Å². The van der Waals surface area contributed by atoms with E-state index in [-0.39, 0.29) is 21.4 Å². The van der Waals surface area contributed by atoms with Crippen LogP contribution in [0.5, 0.6) is 0 Å². The van der Waals surface area contributed by atoms with Crippen molar-refractivity contribution in [2.45, 2.75) is 0 Å². The molecule has 3 N–H and O–H groups in total. The minimum absolute atomic E-state index is 0.0310. The number of benzene rings is 1. The first-order valence-electron chi connectivity index (χ1n) is 6.27. The molecule has 1 aromatic heterocycles. The standard InChI is InChI=1S/C13H9ClN4O4S2/c14-9-4-3-7(18(21)22)6-8(9)11(19)15-13(23)17-16-12(20)10-2-1-5-24-10/h1-6H,(H,16,20)(H2,15,17,19,23). The molecule has 0 aliphatic carbocycles. The molecule has 11 heteroatoms. The Morgan fingerprint density at radius 2 is 1.96 bits per heavy atom. The average Bonchev–Trinajstić information content (AvgIpc) is 3.07. The summed E-state index contributed by atoms with van der Waals surface area (Å²) in [6.45, 7) is 0. The summed E-state index contributed by atoms with van der Waals surface area (Å²) in [5, 5.41) is 14.6. The number of carbonyl (C=O) groups excluding carboxylic acids is 2. The summed E-state index contributed by atoms with van der Waals surface area (Å²) in [5.74, 6) is -1.17. The van der Waals surface area contributed by atoms with Gasteiger partial charge in [-0.05, 0) is 29.7 Å². The Labute approximate surface area is 149 Å². The third kappa shape index (κ3) is 4.47. The number of nitrogens with zero attached hydrogens (tertiary/aromatic N) is 1. The second kappa shape index (κ2) is 7.81. The molecule has 2 aromatic rings. The fourth-order valence-corrected chi connectivity index (χ4v) is 2.55. The minimum Gasteiger partial charge on any atom is -0.298 e. The van der Waals surface area contributed by atoms with E-state index in [4.69, 9.17) is 23.8 Å². The van der Waals surface area contributed by atoms with Crippen LogP contribution in [0.3, 0.4) is 0 Å². The number of thiocarbonyl (C=S) groups is 1. The number of nitro benzene ring substituents is 1. The molecule has 0 bridgehead atoms. The lowest BCUT2D eigenvalue weighted by Crippen LogP contribution is -2.48. The minimum atomic E-state index is -0.744. The number of thiophene rings is 1.